The largest absolute Gasteiger partial charge is 0.396 e. The number of benzene rings is 1. The molecule has 0 aliphatic rings. The number of rotatable bonds is 5. The van der Waals surface area contributed by atoms with E-state index in [2.05, 4.69) is 26.6 Å². The molecule has 0 spiro atoms. The summed E-state index contributed by atoms with van der Waals surface area (Å²) < 4.78 is 13.6. The van der Waals surface area contributed by atoms with Crippen LogP contribution in [-0.4, -0.2) is 23.8 Å². The Bertz CT molecular complexity index is 395. The van der Waals surface area contributed by atoms with Gasteiger partial charge in [0.15, 0.2) is 0 Å². The van der Waals surface area contributed by atoms with Crippen LogP contribution in [0.4, 0.5) is 14.9 Å². The molecular formula is C12H16BrFN2O2. The van der Waals surface area contributed by atoms with Gasteiger partial charge in [-0.2, -0.15) is 0 Å². The Kier molecular flexibility index (Phi) is 6.07. The van der Waals surface area contributed by atoms with E-state index in [9.17, 15) is 9.18 Å². The van der Waals surface area contributed by atoms with Gasteiger partial charge in [-0.05, 0) is 31.0 Å². The van der Waals surface area contributed by atoms with Gasteiger partial charge in [-0.15, -0.1) is 0 Å². The van der Waals surface area contributed by atoms with Gasteiger partial charge in [-0.1, -0.05) is 22.9 Å². The van der Waals surface area contributed by atoms with Crippen LogP contribution >= 0.6 is 15.9 Å². The molecule has 1 aromatic rings. The Hall–Kier alpha value is -1.14. The van der Waals surface area contributed by atoms with Crippen molar-refractivity contribution in [2.45, 2.75) is 25.8 Å². The predicted molar refractivity (Wildman–Crippen MR) is 72.0 cm³/mol. The molecule has 0 fully saturated rings. The molecule has 0 saturated heterocycles. The number of urea groups is 1. The molecule has 2 amide bonds. The molecule has 0 bridgehead atoms. The van der Waals surface area contributed by atoms with Crippen LogP contribution < -0.4 is 10.6 Å². The van der Waals surface area contributed by atoms with E-state index in [-0.39, 0.29) is 12.6 Å². The Labute approximate surface area is 114 Å². The minimum absolute atomic E-state index is 0.0182. The highest BCUT2D eigenvalue weighted by Gasteiger charge is 2.10. The van der Waals surface area contributed by atoms with E-state index in [0.29, 0.717) is 16.6 Å². The first kappa shape index (κ1) is 14.9. The van der Waals surface area contributed by atoms with Crippen molar-refractivity contribution in [3.63, 3.8) is 0 Å². The van der Waals surface area contributed by atoms with Crippen molar-refractivity contribution in [3.05, 3.63) is 28.5 Å². The standard InChI is InChI=1S/C12H16BrFN2O2/c1-2-10(3-4-17)15-12(18)16-11-6-8(13)5-9(14)7-11/h5-7,10,17H,2-4H2,1H3,(H2,15,16,18). The first-order valence-corrected chi connectivity index (χ1v) is 6.49. The van der Waals surface area contributed by atoms with Crippen molar-refractivity contribution in [1.82, 2.24) is 5.32 Å². The van der Waals surface area contributed by atoms with Gasteiger partial charge in [0.25, 0.3) is 0 Å². The van der Waals surface area contributed by atoms with Crippen LogP contribution in [0.2, 0.25) is 0 Å². The van der Waals surface area contributed by atoms with Gasteiger partial charge in [0, 0.05) is 22.8 Å². The first-order chi connectivity index (χ1) is 8.55. The Morgan fingerprint density at radius 1 is 1.50 bits per heavy atom. The topological polar surface area (TPSA) is 61.4 Å². The molecule has 1 aromatic carbocycles. The first-order valence-electron chi connectivity index (χ1n) is 5.69. The lowest BCUT2D eigenvalue weighted by Crippen LogP contribution is -2.38. The van der Waals surface area contributed by atoms with Crippen molar-refractivity contribution in [3.8, 4) is 0 Å². The molecule has 0 heterocycles. The number of hydrogen-bond acceptors (Lipinski definition) is 2. The zero-order chi connectivity index (χ0) is 13.5. The number of carbonyl (C=O) groups is 1. The smallest absolute Gasteiger partial charge is 0.319 e. The normalized spacial score (nSPS) is 12.0. The van der Waals surface area contributed by atoms with E-state index in [4.69, 9.17) is 5.11 Å². The molecular weight excluding hydrogens is 303 g/mol. The van der Waals surface area contributed by atoms with Crippen molar-refractivity contribution >= 4 is 27.6 Å². The summed E-state index contributed by atoms with van der Waals surface area (Å²) in [5.74, 6) is -0.429. The number of aliphatic hydroxyl groups is 1. The molecule has 18 heavy (non-hydrogen) atoms. The third-order valence-electron chi connectivity index (χ3n) is 2.43. The van der Waals surface area contributed by atoms with Gasteiger partial charge in [-0.3, -0.25) is 0 Å². The van der Waals surface area contributed by atoms with Gasteiger partial charge in [0.2, 0.25) is 0 Å². The summed E-state index contributed by atoms with van der Waals surface area (Å²) in [6.45, 7) is 1.93. The zero-order valence-electron chi connectivity index (χ0n) is 10.0. The molecule has 6 heteroatoms. The summed E-state index contributed by atoms with van der Waals surface area (Å²) in [6, 6.07) is 3.65. The third kappa shape index (κ3) is 5.01. The molecule has 0 aliphatic heterocycles. The molecule has 0 radical (unpaired) electrons. The fraction of sp³-hybridized carbons (Fsp3) is 0.417. The second-order valence-corrected chi connectivity index (χ2v) is 4.79. The van der Waals surface area contributed by atoms with Crippen LogP contribution in [-0.2, 0) is 0 Å². The van der Waals surface area contributed by atoms with Crippen molar-refractivity contribution < 1.29 is 14.3 Å². The summed E-state index contributed by atoms with van der Waals surface area (Å²) in [6.07, 6.45) is 1.22. The van der Waals surface area contributed by atoms with E-state index in [0.717, 1.165) is 6.42 Å². The second-order valence-electron chi connectivity index (χ2n) is 3.87. The monoisotopic (exact) mass is 318 g/mol. The summed E-state index contributed by atoms with van der Waals surface area (Å²) in [5.41, 5.74) is 0.373. The minimum Gasteiger partial charge on any atom is -0.396 e. The molecule has 0 aromatic heterocycles. The summed E-state index contributed by atoms with van der Waals surface area (Å²) in [4.78, 5) is 11.6. The maximum absolute atomic E-state index is 13.1. The zero-order valence-corrected chi connectivity index (χ0v) is 11.6. The van der Waals surface area contributed by atoms with Crippen LogP contribution in [0.25, 0.3) is 0 Å². The van der Waals surface area contributed by atoms with Crippen LogP contribution in [0.15, 0.2) is 22.7 Å². The van der Waals surface area contributed by atoms with Crippen molar-refractivity contribution in [2.24, 2.45) is 0 Å². The highest BCUT2D eigenvalue weighted by molar-refractivity contribution is 9.10. The third-order valence-corrected chi connectivity index (χ3v) is 2.88. The molecule has 1 rings (SSSR count). The van der Waals surface area contributed by atoms with E-state index in [1.54, 1.807) is 6.07 Å². The maximum Gasteiger partial charge on any atom is 0.319 e. The molecule has 1 atom stereocenters. The maximum atomic E-state index is 13.1. The van der Waals surface area contributed by atoms with E-state index < -0.39 is 11.8 Å². The predicted octanol–water partition coefficient (Wildman–Crippen LogP) is 2.87. The van der Waals surface area contributed by atoms with Crippen LogP contribution in [0.1, 0.15) is 19.8 Å². The molecule has 1 unspecified atom stereocenters. The number of amides is 2. The Morgan fingerprint density at radius 3 is 2.78 bits per heavy atom. The average molecular weight is 319 g/mol. The fourth-order valence-corrected chi connectivity index (χ4v) is 1.98. The lowest BCUT2D eigenvalue weighted by atomic mass is 10.2. The highest BCUT2D eigenvalue weighted by atomic mass is 79.9. The van der Waals surface area contributed by atoms with Crippen LogP contribution in [0, 0.1) is 5.82 Å². The van der Waals surface area contributed by atoms with Gasteiger partial charge in [-0.25, -0.2) is 9.18 Å². The van der Waals surface area contributed by atoms with Crippen molar-refractivity contribution in [2.75, 3.05) is 11.9 Å². The van der Waals surface area contributed by atoms with Gasteiger partial charge in [0.05, 0.1) is 0 Å². The van der Waals surface area contributed by atoms with E-state index >= 15 is 0 Å². The SMILES string of the molecule is CCC(CCO)NC(=O)Nc1cc(F)cc(Br)c1. The molecule has 100 valence electrons. The number of carbonyl (C=O) groups excluding carboxylic acids is 1. The lowest BCUT2D eigenvalue weighted by Gasteiger charge is -2.16. The van der Waals surface area contributed by atoms with Crippen molar-refractivity contribution in [1.29, 1.82) is 0 Å². The number of anilines is 1. The summed E-state index contributed by atoms with van der Waals surface area (Å²) >= 11 is 3.15. The number of nitrogens with one attached hydrogen (secondary N) is 2. The molecule has 3 N–H and O–H groups in total. The number of aliphatic hydroxyl groups excluding tert-OH is 1. The minimum atomic E-state index is -0.429. The highest BCUT2D eigenvalue weighted by Crippen LogP contribution is 2.18. The second kappa shape index (κ2) is 7.33. The van der Waals surface area contributed by atoms with E-state index in [1.807, 2.05) is 6.92 Å². The fourth-order valence-electron chi connectivity index (χ4n) is 1.51. The van der Waals surface area contributed by atoms with Crippen LogP contribution in [0.3, 0.4) is 0 Å². The molecule has 0 aliphatic carbocycles. The van der Waals surface area contributed by atoms with Gasteiger partial charge >= 0.3 is 6.03 Å². The Morgan fingerprint density at radius 2 is 2.22 bits per heavy atom. The van der Waals surface area contributed by atoms with Gasteiger partial charge < -0.3 is 15.7 Å². The Balaban J connectivity index is 2.58. The number of hydrogen-bond donors (Lipinski definition) is 3. The average Bonchev–Trinajstić information content (AvgIpc) is 2.26. The summed E-state index contributed by atoms with van der Waals surface area (Å²) in [7, 11) is 0. The molecule has 0 saturated carbocycles. The molecule has 4 nitrogen and oxygen atoms in total. The number of halogens is 2. The van der Waals surface area contributed by atoms with Gasteiger partial charge in [0.1, 0.15) is 5.82 Å². The summed E-state index contributed by atoms with van der Waals surface area (Å²) in [5, 5.41) is 14.1. The van der Waals surface area contributed by atoms with Crippen LogP contribution in [0.5, 0.6) is 0 Å². The van der Waals surface area contributed by atoms with E-state index in [1.165, 1.54) is 12.1 Å². The lowest BCUT2D eigenvalue weighted by molar-refractivity contribution is 0.237. The quantitative estimate of drug-likeness (QED) is 0.781.